The number of alkyl halides is 17. The monoisotopic (exact) mass is 651 g/mol. The Morgan fingerprint density at radius 1 is 0.707 bits per heavy atom. The Labute approximate surface area is 222 Å². The average molecular weight is 651 g/mol. The van der Waals surface area contributed by atoms with Crippen molar-refractivity contribution in [1.29, 1.82) is 0 Å². The molecule has 0 fully saturated rings. The zero-order valence-electron chi connectivity index (χ0n) is 19.5. The first-order chi connectivity index (χ1) is 18.2. The predicted octanol–water partition coefficient (Wildman–Crippen LogP) is 8.15. The Morgan fingerprint density at radius 2 is 1.20 bits per heavy atom. The van der Waals surface area contributed by atoms with Crippen LogP contribution >= 0.6 is 11.8 Å². The number of thioether (sulfide) groups is 1. The second kappa shape index (κ2) is 9.68. The van der Waals surface area contributed by atoms with Gasteiger partial charge in [-0.15, -0.1) is 11.8 Å². The lowest BCUT2D eigenvalue weighted by Gasteiger charge is -2.42. The predicted molar refractivity (Wildman–Crippen MR) is 108 cm³/mol. The molecule has 1 amide bonds. The van der Waals surface area contributed by atoms with Crippen molar-refractivity contribution in [2.24, 2.45) is 0 Å². The molecule has 20 heteroatoms. The molecule has 2 nitrogen and oxygen atoms in total. The van der Waals surface area contributed by atoms with E-state index in [4.69, 9.17) is 0 Å². The van der Waals surface area contributed by atoms with E-state index in [0.29, 0.717) is 24.1 Å². The fraction of sp³-hybridized carbons (Fsp3) is 0.667. The lowest BCUT2D eigenvalue weighted by molar-refractivity contribution is -0.461. The molecule has 0 N–H and O–H groups in total. The molecule has 3 rings (SSSR count). The van der Waals surface area contributed by atoms with Gasteiger partial charge in [0.05, 0.1) is 5.69 Å². The van der Waals surface area contributed by atoms with Gasteiger partial charge in [0, 0.05) is 18.7 Å². The Hall–Kier alpha value is -2.15. The minimum atomic E-state index is -8.65. The van der Waals surface area contributed by atoms with Crippen LogP contribution in [0, 0.1) is 0 Å². The van der Waals surface area contributed by atoms with Gasteiger partial charge in [0.15, 0.2) is 0 Å². The van der Waals surface area contributed by atoms with Crippen LogP contribution in [0.3, 0.4) is 0 Å². The van der Waals surface area contributed by atoms with E-state index in [-0.39, 0.29) is 23.9 Å². The van der Waals surface area contributed by atoms with Crippen molar-refractivity contribution in [3.63, 3.8) is 0 Å². The summed E-state index contributed by atoms with van der Waals surface area (Å²) in [4.78, 5) is 13.9. The topological polar surface area (TPSA) is 20.3 Å². The maximum Gasteiger partial charge on any atom is 0.460 e. The molecule has 0 saturated carbocycles. The van der Waals surface area contributed by atoms with Crippen LogP contribution < -0.4 is 4.90 Å². The van der Waals surface area contributed by atoms with E-state index in [1.165, 1.54) is 17.0 Å². The molecule has 2 aliphatic heterocycles. The highest BCUT2D eigenvalue weighted by Crippen LogP contribution is 2.64. The molecule has 0 aromatic heterocycles. The van der Waals surface area contributed by atoms with Gasteiger partial charge in [-0.2, -0.15) is 74.6 Å². The number of benzene rings is 1. The number of rotatable bonds is 10. The molecular weight excluding hydrogens is 637 g/mol. The molecular formula is C21H14F17NOS. The molecule has 41 heavy (non-hydrogen) atoms. The summed E-state index contributed by atoms with van der Waals surface area (Å²) in [6.45, 7) is 0.168. The number of nitrogens with zero attached hydrogens (tertiary/aromatic N) is 1. The number of hydrogen-bond acceptors (Lipinski definition) is 2. The summed E-state index contributed by atoms with van der Waals surface area (Å²) < 4.78 is 228. The number of aryl methyl sites for hydroxylation is 1. The number of amides is 1. The zero-order chi connectivity index (χ0) is 31.8. The second-order valence-electron chi connectivity index (χ2n) is 9.10. The van der Waals surface area contributed by atoms with Crippen molar-refractivity contribution >= 4 is 23.4 Å². The summed E-state index contributed by atoms with van der Waals surface area (Å²) in [5.41, 5.74) is 1.23. The minimum absolute atomic E-state index is 0.138. The summed E-state index contributed by atoms with van der Waals surface area (Å²) in [6, 6.07) is 4.42. The Bertz CT molecular complexity index is 1180. The van der Waals surface area contributed by atoms with Gasteiger partial charge in [-0.25, -0.2) is 0 Å². The maximum absolute atomic E-state index is 14.2. The Balaban J connectivity index is 1.86. The number of halogens is 17. The van der Waals surface area contributed by atoms with Gasteiger partial charge in [0.25, 0.3) is 0 Å². The first-order valence-corrected chi connectivity index (χ1v) is 12.0. The summed E-state index contributed by atoms with van der Waals surface area (Å²) in [6.07, 6.45) is -9.39. The van der Waals surface area contributed by atoms with E-state index in [1.54, 1.807) is 6.07 Å². The van der Waals surface area contributed by atoms with Gasteiger partial charge in [0.1, 0.15) is 5.25 Å². The number of anilines is 1. The molecule has 2 heterocycles. The number of carbonyl (C=O) groups excluding carboxylic acids is 1. The highest BCUT2D eigenvalue weighted by Gasteiger charge is 2.95. The standard InChI is InChI=1S/C21H14F17NOS/c22-14(23,6-8-41-12-10-5-1-3-9-4-2-7-39(11(9)10)13(12)40)15(24,25)16(26,27)17(28,29)18(30,31)19(32,33)20(34,35)21(36,37)38/h1,3,5,12H,2,4,6-8H2. The van der Waals surface area contributed by atoms with Gasteiger partial charge >= 0.3 is 47.6 Å². The lowest BCUT2D eigenvalue weighted by atomic mass is 9.88. The van der Waals surface area contributed by atoms with Gasteiger partial charge in [-0.3, -0.25) is 4.79 Å². The van der Waals surface area contributed by atoms with E-state index < -0.39 is 71.0 Å². The Morgan fingerprint density at radius 3 is 1.71 bits per heavy atom. The average Bonchev–Trinajstić information content (AvgIpc) is 3.10. The van der Waals surface area contributed by atoms with Crippen molar-refractivity contribution in [3.8, 4) is 0 Å². The van der Waals surface area contributed by atoms with Crippen LogP contribution in [0.25, 0.3) is 0 Å². The molecule has 0 radical (unpaired) electrons. The number of carbonyl (C=O) groups is 1. The van der Waals surface area contributed by atoms with Crippen molar-refractivity contribution in [1.82, 2.24) is 0 Å². The van der Waals surface area contributed by atoms with Gasteiger partial charge in [-0.1, -0.05) is 18.2 Å². The van der Waals surface area contributed by atoms with Crippen LogP contribution in [0.1, 0.15) is 29.2 Å². The first-order valence-electron chi connectivity index (χ1n) is 11.0. The first kappa shape index (κ1) is 33.4. The molecule has 0 aliphatic carbocycles. The molecule has 1 aromatic carbocycles. The fourth-order valence-electron chi connectivity index (χ4n) is 4.21. The summed E-state index contributed by atoms with van der Waals surface area (Å²) >= 11 is 0.138. The van der Waals surface area contributed by atoms with E-state index in [9.17, 15) is 79.4 Å². The highest BCUT2D eigenvalue weighted by molar-refractivity contribution is 8.00. The van der Waals surface area contributed by atoms with E-state index in [2.05, 4.69) is 0 Å². The highest BCUT2D eigenvalue weighted by atomic mass is 32.2. The molecule has 0 bridgehead atoms. The van der Waals surface area contributed by atoms with Crippen LogP contribution in [-0.2, 0) is 11.2 Å². The zero-order valence-corrected chi connectivity index (χ0v) is 20.4. The van der Waals surface area contributed by atoms with Crippen molar-refractivity contribution < 1.29 is 79.4 Å². The van der Waals surface area contributed by atoms with Gasteiger partial charge in [0.2, 0.25) is 5.91 Å². The van der Waals surface area contributed by atoms with Crippen LogP contribution in [0.4, 0.5) is 80.3 Å². The van der Waals surface area contributed by atoms with Gasteiger partial charge < -0.3 is 4.90 Å². The third kappa shape index (κ3) is 4.51. The van der Waals surface area contributed by atoms with E-state index in [0.717, 1.165) is 0 Å². The smallest absolute Gasteiger partial charge is 0.311 e. The molecule has 234 valence electrons. The van der Waals surface area contributed by atoms with Crippen LogP contribution in [0.15, 0.2) is 18.2 Å². The summed E-state index contributed by atoms with van der Waals surface area (Å²) in [5, 5.41) is -1.37. The maximum atomic E-state index is 14.2. The van der Waals surface area contributed by atoms with Crippen molar-refractivity contribution in [2.75, 3.05) is 17.2 Å². The second-order valence-corrected chi connectivity index (χ2v) is 10.3. The third-order valence-electron chi connectivity index (χ3n) is 6.51. The third-order valence-corrected chi connectivity index (χ3v) is 7.74. The molecule has 0 saturated heterocycles. The molecule has 2 aliphatic rings. The fourth-order valence-corrected chi connectivity index (χ4v) is 5.46. The van der Waals surface area contributed by atoms with Crippen molar-refractivity contribution in [2.45, 2.75) is 72.1 Å². The number of hydrogen-bond donors (Lipinski definition) is 0. The van der Waals surface area contributed by atoms with E-state index >= 15 is 0 Å². The van der Waals surface area contributed by atoms with Crippen molar-refractivity contribution in [3.05, 3.63) is 29.3 Å². The van der Waals surface area contributed by atoms with Crippen LogP contribution in [-0.4, -0.2) is 65.8 Å². The quantitative estimate of drug-likeness (QED) is 0.238. The Kier molecular flexibility index (Phi) is 7.88. The normalized spacial score (nSPS) is 19.6. The van der Waals surface area contributed by atoms with Gasteiger partial charge in [-0.05, 0) is 24.0 Å². The van der Waals surface area contributed by atoms with Crippen LogP contribution in [0.5, 0.6) is 0 Å². The molecule has 1 atom stereocenters. The van der Waals surface area contributed by atoms with E-state index in [1.807, 2.05) is 0 Å². The SMILES string of the molecule is O=C1C(SCCC(F)(F)C(F)(F)C(F)(F)C(F)(F)C(F)(F)C(F)(F)C(F)(F)C(F)(F)F)c2cccc3c2N1CCC3. The molecule has 0 spiro atoms. The van der Waals surface area contributed by atoms with Crippen LogP contribution in [0.2, 0.25) is 0 Å². The molecule has 1 aromatic rings. The summed E-state index contributed by atoms with van der Waals surface area (Å²) in [7, 11) is 0. The molecule has 1 unspecified atom stereocenters. The lowest BCUT2D eigenvalue weighted by Crippen LogP contribution is -2.74. The largest absolute Gasteiger partial charge is 0.460 e. The number of para-hydroxylation sites is 1. The minimum Gasteiger partial charge on any atom is -0.311 e. The summed E-state index contributed by atoms with van der Waals surface area (Å²) in [5.74, 6) is -58.6.